The Balaban J connectivity index is 1.65. The van der Waals surface area contributed by atoms with Crippen molar-refractivity contribution in [1.82, 2.24) is 10.2 Å². The summed E-state index contributed by atoms with van der Waals surface area (Å²) in [6.45, 7) is 4.83. The Morgan fingerprint density at radius 1 is 1.34 bits per heavy atom. The van der Waals surface area contributed by atoms with Gasteiger partial charge in [-0.15, -0.1) is 0 Å². The van der Waals surface area contributed by atoms with Gasteiger partial charge >= 0.3 is 6.18 Å². The molecule has 0 bridgehead atoms. The molecule has 1 aromatic rings. The van der Waals surface area contributed by atoms with E-state index in [1.54, 1.807) is 19.9 Å². The van der Waals surface area contributed by atoms with E-state index in [0.717, 1.165) is 35.6 Å². The van der Waals surface area contributed by atoms with Crippen LogP contribution >= 0.6 is 11.8 Å². The van der Waals surface area contributed by atoms with Gasteiger partial charge in [0.1, 0.15) is 5.84 Å². The molecule has 0 saturated carbocycles. The fourth-order valence-corrected chi connectivity index (χ4v) is 4.44. The van der Waals surface area contributed by atoms with Gasteiger partial charge in [0, 0.05) is 6.54 Å². The number of amides is 1. The van der Waals surface area contributed by atoms with Crippen molar-refractivity contribution in [2.24, 2.45) is 10.9 Å². The number of aliphatic imine (C=N–C) groups is 1. The topological polar surface area (TPSA) is 88.7 Å². The Morgan fingerprint density at radius 2 is 2.03 bits per heavy atom. The second-order valence-electron chi connectivity index (χ2n) is 8.62. The highest BCUT2D eigenvalue weighted by Gasteiger charge is 2.34. The van der Waals surface area contributed by atoms with Crippen molar-refractivity contribution in [3.63, 3.8) is 0 Å². The highest BCUT2D eigenvalue weighted by molar-refractivity contribution is 8.18. The van der Waals surface area contributed by atoms with Crippen molar-refractivity contribution in [1.29, 1.82) is 5.26 Å². The first-order chi connectivity index (χ1) is 14.9. The molecule has 0 radical (unpaired) electrons. The molecule has 0 atom stereocenters. The van der Waals surface area contributed by atoms with E-state index in [-0.39, 0.29) is 35.4 Å². The molecular weight excluding hydrogens is 441 g/mol. The van der Waals surface area contributed by atoms with Crippen LogP contribution in [0.5, 0.6) is 0 Å². The van der Waals surface area contributed by atoms with Crippen molar-refractivity contribution in [3.8, 4) is 6.07 Å². The van der Waals surface area contributed by atoms with Gasteiger partial charge in [-0.1, -0.05) is 12.1 Å². The molecule has 0 aliphatic carbocycles. The van der Waals surface area contributed by atoms with Crippen molar-refractivity contribution < 1.29 is 23.1 Å². The van der Waals surface area contributed by atoms with Gasteiger partial charge in [0.15, 0.2) is 0 Å². The summed E-state index contributed by atoms with van der Waals surface area (Å²) in [5, 5.41) is 21.2. The molecule has 3 rings (SSSR count). The zero-order valence-corrected chi connectivity index (χ0v) is 18.7. The van der Waals surface area contributed by atoms with Crippen LogP contribution in [0.3, 0.4) is 0 Å². The summed E-state index contributed by atoms with van der Waals surface area (Å²) in [6.07, 6.45) is -1.03. The van der Waals surface area contributed by atoms with E-state index in [1.165, 1.54) is 12.1 Å². The van der Waals surface area contributed by atoms with E-state index in [9.17, 15) is 23.1 Å². The lowest BCUT2D eigenvalue weighted by Crippen LogP contribution is -2.33. The van der Waals surface area contributed by atoms with Crippen molar-refractivity contribution in [2.45, 2.75) is 45.0 Å². The van der Waals surface area contributed by atoms with Gasteiger partial charge in [0.05, 0.1) is 34.2 Å². The summed E-state index contributed by atoms with van der Waals surface area (Å²) in [5.74, 6) is 0.633. The largest absolute Gasteiger partial charge is 0.416 e. The number of nitriles is 1. The molecule has 2 aliphatic heterocycles. The number of nitrogens with one attached hydrogen (secondary N) is 1. The van der Waals surface area contributed by atoms with Gasteiger partial charge < -0.3 is 10.4 Å². The second kappa shape index (κ2) is 9.65. The summed E-state index contributed by atoms with van der Waals surface area (Å²) in [5.41, 5.74) is -1.59. The molecular formula is C22H25F3N4O2S. The minimum Gasteiger partial charge on any atom is -0.389 e. The number of amidine groups is 1. The van der Waals surface area contributed by atoms with Crippen LogP contribution in [-0.2, 0) is 12.7 Å². The summed E-state index contributed by atoms with van der Waals surface area (Å²) >= 11 is 1.06. The quantitative estimate of drug-likeness (QED) is 0.676. The summed E-state index contributed by atoms with van der Waals surface area (Å²) in [4.78, 5) is 18.8. The maximum atomic E-state index is 13.4. The third-order valence-electron chi connectivity index (χ3n) is 5.24. The number of alkyl halides is 3. The maximum absolute atomic E-state index is 13.4. The average Bonchev–Trinajstić information content (AvgIpc) is 3.06. The molecule has 2 saturated heterocycles. The van der Waals surface area contributed by atoms with E-state index >= 15 is 0 Å². The van der Waals surface area contributed by atoms with Gasteiger partial charge in [-0.3, -0.25) is 14.7 Å². The molecule has 10 heteroatoms. The molecule has 6 nitrogen and oxygen atoms in total. The molecule has 32 heavy (non-hydrogen) atoms. The minimum absolute atomic E-state index is 0.00863. The highest BCUT2D eigenvalue weighted by atomic mass is 32.2. The van der Waals surface area contributed by atoms with Gasteiger partial charge in [-0.25, -0.2) is 0 Å². The second-order valence-corrected chi connectivity index (χ2v) is 9.63. The fraction of sp³-hybridized carbons (Fsp3) is 0.500. The predicted molar refractivity (Wildman–Crippen MR) is 117 cm³/mol. The Hall–Kier alpha value is -2.35. The average molecular weight is 467 g/mol. The number of aliphatic hydroxyl groups is 1. The van der Waals surface area contributed by atoms with Gasteiger partial charge in [0.2, 0.25) is 0 Å². The van der Waals surface area contributed by atoms with Crippen molar-refractivity contribution >= 4 is 22.8 Å². The van der Waals surface area contributed by atoms with Crippen LogP contribution < -0.4 is 5.32 Å². The molecule has 172 valence electrons. The van der Waals surface area contributed by atoms with E-state index < -0.39 is 17.3 Å². The van der Waals surface area contributed by atoms with Crippen LogP contribution in [0.25, 0.3) is 0 Å². The Labute approximate surface area is 189 Å². The molecule has 1 aromatic carbocycles. The zero-order chi connectivity index (χ0) is 23.5. The number of hydrogen-bond acceptors (Lipinski definition) is 6. The van der Waals surface area contributed by atoms with Crippen LogP contribution in [0.1, 0.15) is 43.4 Å². The van der Waals surface area contributed by atoms with Crippen LogP contribution in [-0.4, -0.2) is 46.3 Å². The number of halogens is 3. The maximum Gasteiger partial charge on any atom is 0.416 e. The number of allylic oxidation sites excluding steroid dienone is 1. The highest BCUT2D eigenvalue weighted by Crippen LogP contribution is 2.34. The van der Waals surface area contributed by atoms with Crippen LogP contribution in [0.2, 0.25) is 0 Å². The van der Waals surface area contributed by atoms with Crippen LogP contribution in [0, 0.1) is 17.2 Å². The Kier molecular flexibility index (Phi) is 7.32. The number of benzene rings is 1. The van der Waals surface area contributed by atoms with Crippen LogP contribution in [0.4, 0.5) is 18.0 Å². The number of piperidine rings is 1. The SMILES string of the molecule is CC(C)(O)CN=C1NC(=O)S/C1=C\C1CCN(Cc2ccc(C#N)cc2C(F)(F)F)CC1. The number of nitrogens with zero attached hydrogens (tertiary/aromatic N) is 3. The molecule has 1 amide bonds. The van der Waals surface area contributed by atoms with Gasteiger partial charge in [0.25, 0.3) is 5.24 Å². The first-order valence-corrected chi connectivity index (χ1v) is 11.1. The summed E-state index contributed by atoms with van der Waals surface area (Å²) < 4.78 is 40.2. The summed E-state index contributed by atoms with van der Waals surface area (Å²) in [7, 11) is 0. The minimum atomic E-state index is -4.51. The Bertz CT molecular complexity index is 969. The molecule has 2 N–H and O–H groups in total. The monoisotopic (exact) mass is 466 g/mol. The standard InChI is InChI=1S/C22H25F3N4O2S/c1-21(2,31)13-27-19-18(32-20(30)28-19)10-14-5-7-29(8-6-14)12-16-4-3-15(11-26)9-17(16)22(23,24)25/h3-4,9-10,14,31H,5-8,12-13H2,1-2H3,(H,27,28,30)/b18-10-. The fourth-order valence-electron chi connectivity index (χ4n) is 3.62. The lowest BCUT2D eigenvalue weighted by Gasteiger charge is -2.31. The van der Waals surface area contributed by atoms with Gasteiger partial charge in [-0.2, -0.15) is 18.4 Å². The molecule has 0 aromatic heterocycles. The molecule has 0 spiro atoms. The number of carbonyl (C=O) groups excluding carboxylic acids is 1. The number of likely N-dealkylation sites (tertiary alicyclic amines) is 1. The van der Waals surface area contributed by atoms with E-state index in [2.05, 4.69) is 10.3 Å². The number of hydrogen-bond donors (Lipinski definition) is 2. The predicted octanol–water partition coefficient (Wildman–Crippen LogP) is 4.30. The summed E-state index contributed by atoms with van der Waals surface area (Å²) in [6, 6.07) is 5.46. The lowest BCUT2D eigenvalue weighted by molar-refractivity contribution is -0.138. The molecule has 2 fully saturated rings. The van der Waals surface area contributed by atoms with E-state index in [4.69, 9.17) is 5.26 Å². The third kappa shape index (κ3) is 6.58. The molecule has 2 heterocycles. The van der Waals surface area contributed by atoms with E-state index in [0.29, 0.717) is 18.9 Å². The first kappa shape index (κ1) is 24.3. The lowest BCUT2D eigenvalue weighted by atomic mass is 9.95. The van der Waals surface area contributed by atoms with Gasteiger partial charge in [-0.05, 0) is 75.2 Å². The third-order valence-corrected chi connectivity index (χ3v) is 6.08. The molecule has 2 aliphatic rings. The zero-order valence-electron chi connectivity index (χ0n) is 17.9. The number of rotatable bonds is 5. The van der Waals surface area contributed by atoms with Crippen molar-refractivity contribution in [2.75, 3.05) is 19.6 Å². The first-order valence-electron chi connectivity index (χ1n) is 10.2. The Morgan fingerprint density at radius 3 is 2.62 bits per heavy atom. The van der Waals surface area contributed by atoms with Crippen LogP contribution in [0.15, 0.2) is 34.2 Å². The smallest absolute Gasteiger partial charge is 0.389 e. The normalized spacial score (nSPS) is 21.2. The molecule has 0 unspecified atom stereocenters. The number of thioether (sulfide) groups is 1. The number of carbonyl (C=O) groups is 1. The van der Waals surface area contributed by atoms with Crippen molar-refractivity contribution in [3.05, 3.63) is 45.9 Å². The van der Waals surface area contributed by atoms with E-state index in [1.807, 2.05) is 11.0 Å².